The summed E-state index contributed by atoms with van der Waals surface area (Å²) >= 11 is 18.1. The fourth-order valence-electron chi connectivity index (χ4n) is 2.58. The molecule has 27 heavy (non-hydrogen) atoms. The van der Waals surface area contributed by atoms with Crippen LogP contribution in [0.4, 0.5) is 0 Å². The summed E-state index contributed by atoms with van der Waals surface area (Å²) in [5, 5.41) is 20.0. The van der Waals surface area contributed by atoms with Gasteiger partial charge < -0.3 is 10.2 Å². The van der Waals surface area contributed by atoms with Crippen LogP contribution in [0.15, 0.2) is 48.5 Å². The van der Waals surface area contributed by atoms with Gasteiger partial charge in [-0.25, -0.2) is 14.6 Å². The van der Waals surface area contributed by atoms with E-state index in [1.165, 1.54) is 12.1 Å². The lowest BCUT2D eigenvalue weighted by Crippen LogP contribution is -2.12. The van der Waals surface area contributed by atoms with Crippen molar-refractivity contribution in [2.75, 3.05) is 0 Å². The van der Waals surface area contributed by atoms with Gasteiger partial charge in [0.05, 0.1) is 11.3 Å². The standard InChI is InChI=1S/C19H10Cl3NO4/c20-10-3-1-9(2-4-10)16-13(12-6-5-11(21)7-15(12)22)8-14(18(24)25)17(23-16)19(26)27/h1-8H,(H,24,25)(H,26,27). The summed E-state index contributed by atoms with van der Waals surface area (Å²) in [7, 11) is 0. The molecule has 0 saturated carbocycles. The van der Waals surface area contributed by atoms with Gasteiger partial charge in [0.1, 0.15) is 0 Å². The lowest BCUT2D eigenvalue weighted by molar-refractivity contribution is 0.0646. The fraction of sp³-hybridized carbons (Fsp3) is 0. The van der Waals surface area contributed by atoms with Crippen LogP contribution >= 0.6 is 34.8 Å². The summed E-state index contributed by atoms with van der Waals surface area (Å²) in [6.45, 7) is 0. The van der Waals surface area contributed by atoms with Gasteiger partial charge in [0.25, 0.3) is 0 Å². The summed E-state index contributed by atoms with van der Waals surface area (Å²) in [4.78, 5) is 27.2. The quantitative estimate of drug-likeness (QED) is 0.557. The number of benzene rings is 2. The van der Waals surface area contributed by atoms with Gasteiger partial charge in [-0.3, -0.25) is 0 Å². The molecular weight excluding hydrogens is 413 g/mol. The molecule has 0 aliphatic heterocycles. The van der Waals surface area contributed by atoms with Crippen molar-refractivity contribution in [2.45, 2.75) is 0 Å². The SMILES string of the molecule is O=C(O)c1cc(-c2ccc(Cl)cc2Cl)c(-c2ccc(Cl)cc2)nc1C(=O)O. The van der Waals surface area contributed by atoms with Crippen LogP contribution in [0, 0.1) is 0 Å². The van der Waals surface area contributed by atoms with E-state index in [-0.39, 0.29) is 10.7 Å². The maximum atomic E-state index is 11.6. The molecule has 2 N–H and O–H groups in total. The summed E-state index contributed by atoms with van der Waals surface area (Å²) in [5.41, 5.74) is 0.639. The van der Waals surface area contributed by atoms with E-state index in [9.17, 15) is 19.8 Å². The third-order valence-corrected chi connectivity index (χ3v) is 4.59. The largest absolute Gasteiger partial charge is 0.478 e. The van der Waals surface area contributed by atoms with E-state index in [1.807, 2.05) is 0 Å². The van der Waals surface area contributed by atoms with Gasteiger partial charge in [-0.15, -0.1) is 0 Å². The zero-order chi connectivity index (χ0) is 19.7. The number of carbonyl (C=O) groups is 2. The zero-order valence-electron chi connectivity index (χ0n) is 13.4. The Kier molecular flexibility index (Phi) is 5.37. The lowest BCUT2D eigenvalue weighted by atomic mass is 9.96. The van der Waals surface area contributed by atoms with Gasteiger partial charge in [0.2, 0.25) is 0 Å². The molecule has 0 unspecified atom stereocenters. The van der Waals surface area contributed by atoms with Crippen LogP contribution in [-0.2, 0) is 0 Å². The number of hydrogen-bond acceptors (Lipinski definition) is 3. The Morgan fingerprint density at radius 1 is 0.778 bits per heavy atom. The van der Waals surface area contributed by atoms with Gasteiger partial charge in [-0.05, 0) is 30.3 Å². The Morgan fingerprint density at radius 3 is 1.96 bits per heavy atom. The van der Waals surface area contributed by atoms with Crippen LogP contribution in [0.1, 0.15) is 20.8 Å². The summed E-state index contributed by atoms with van der Waals surface area (Å²) in [5.74, 6) is -2.86. The third kappa shape index (κ3) is 3.90. The first-order chi connectivity index (χ1) is 12.8. The highest BCUT2D eigenvalue weighted by atomic mass is 35.5. The van der Waals surface area contributed by atoms with Crippen LogP contribution in [-0.4, -0.2) is 27.1 Å². The molecule has 0 fully saturated rings. The van der Waals surface area contributed by atoms with E-state index >= 15 is 0 Å². The average Bonchev–Trinajstić information content (AvgIpc) is 2.61. The minimum atomic E-state index is -1.45. The number of carboxylic acid groups (broad SMARTS) is 2. The molecule has 0 radical (unpaired) electrons. The fourth-order valence-corrected chi connectivity index (χ4v) is 3.22. The number of pyridine rings is 1. The van der Waals surface area contributed by atoms with Crippen molar-refractivity contribution in [1.29, 1.82) is 0 Å². The van der Waals surface area contributed by atoms with Crippen molar-refractivity contribution in [2.24, 2.45) is 0 Å². The Morgan fingerprint density at radius 2 is 1.41 bits per heavy atom. The van der Waals surface area contributed by atoms with Crippen molar-refractivity contribution in [3.8, 4) is 22.4 Å². The first-order valence-corrected chi connectivity index (χ1v) is 8.64. The highest BCUT2D eigenvalue weighted by Gasteiger charge is 2.23. The van der Waals surface area contributed by atoms with E-state index < -0.39 is 23.2 Å². The van der Waals surface area contributed by atoms with Crippen LogP contribution in [0.5, 0.6) is 0 Å². The highest BCUT2D eigenvalue weighted by Crippen LogP contribution is 2.37. The molecule has 8 heteroatoms. The number of nitrogens with zero attached hydrogens (tertiary/aromatic N) is 1. The van der Waals surface area contributed by atoms with E-state index in [0.29, 0.717) is 26.7 Å². The van der Waals surface area contributed by atoms with Crippen LogP contribution in [0.3, 0.4) is 0 Å². The van der Waals surface area contributed by atoms with Gasteiger partial charge in [-0.1, -0.05) is 53.0 Å². The summed E-state index contributed by atoms with van der Waals surface area (Å²) in [6, 6.07) is 12.5. The Bertz CT molecular complexity index is 1070. The summed E-state index contributed by atoms with van der Waals surface area (Å²) in [6.07, 6.45) is 0. The molecule has 3 aromatic rings. The molecule has 1 aromatic heterocycles. The van der Waals surface area contributed by atoms with Crippen molar-refractivity contribution >= 4 is 46.7 Å². The van der Waals surface area contributed by atoms with Gasteiger partial charge in [0, 0.05) is 31.8 Å². The molecule has 5 nitrogen and oxygen atoms in total. The molecule has 0 bridgehead atoms. The number of aromatic carboxylic acids is 2. The topological polar surface area (TPSA) is 87.5 Å². The first-order valence-electron chi connectivity index (χ1n) is 7.51. The number of rotatable bonds is 4. The monoisotopic (exact) mass is 421 g/mol. The molecular formula is C19H10Cl3NO4. The lowest BCUT2D eigenvalue weighted by Gasteiger charge is -2.14. The van der Waals surface area contributed by atoms with Crippen LogP contribution in [0.25, 0.3) is 22.4 Å². The Balaban J connectivity index is 2.38. The molecule has 0 spiro atoms. The predicted molar refractivity (Wildman–Crippen MR) is 104 cm³/mol. The molecule has 1 heterocycles. The minimum absolute atomic E-state index is 0.262. The molecule has 2 aromatic carbocycles. The molecule has 0 aliphatic rings. The second-order valence-corrected chi connectivity index (χ2v) is 6.80. The maximum absolute atomic E-state index is 11.6. The Labute approximate surface area is 168 Å². The van der Waals surface area contributed by atoms with Crippen molar-refractivity contribution < 1.29 is 19.8 Å². The van der Waals surface area contributed by atoms with Crippen LogP contribution < -0.4 is 0 Å². The number of aromatic nitrogens is 1. The molecule has 136 valence electrons. The highest BCUT2D eigenvalue weighted by molar-refractivity contribution is 6.36. The zero-order valence-corrected chi connectivity index (χ0v) is 15.7. The number of halogens is 3. The molecule has 3 rings (SSSR count). The van der Waals surface area contributed by atoms with E-state index in [2.05, 4.69) is 4.98 Å². The molecule has 0 atom stereocenters. The third-order valence-electron chi connectivity index (χ3n) is 3.79. The molecule has 0 amide bonds. The second-order valence-electron chi connectivity index (χ2n) is 5.52. The van der Waals surface area contributed by atoms with Gasteiger partial charge >= 0.3 is 11.9 Å². The normalized spacial score (nSPS) is 10.6. The smallest absolute Gasteiger partial charge is 0.355 e. The summed E-state index contributed by atoms with van der Waals surface area (Å²) < 4.78 is 0. The van der Waals surface area contributed by atoms with Crippen LogP contribution in [0.2, 0.25) is 15.1 Å². The minimum Gasteiger partial charge on any atom is -0.478 e. The van der Waals surface area contributed by atoms with Crippen molar-refractivity contribution in [1.82, 2.24) is 4.98 Å². The Hall–Kier alpha value is -2.60. The van der Waals surface area contributed by atoms with E-state index in [0.717, 1.165) is 0 Å². The molecule has 0 saturated heterocycles. The van der Waals surface area contributed by atoms with Gasteiger partial charge in [-0.2, -0.15) is 0 Å². The average molecular weight is 423 g/mol. The molecule has 0 aliphatic carbocycles. The van der Waals surface area contributed by atoms with E-state index in [4.69, 9.17) is 34.8 Å². The first kappa shape index (κ1) is 19.2. The second kappa shape index (κ2) is 7.56. The number of hydrogen-bond donors (Lipinski definition) is 2. The van der Waals surface area contributed by atoms with Crippen molar-refractivity contribution in [3.05, 3.63) is 74.9 Å². The van der Waals surface area contributed by atoms with E-state index in [1.54, 1.807) is 36.4 Å². The predicted octanol–water partition coefficient (Wildman–Crippen LogP) is 5.77. The number of carboxylic acids is 2. The van der Waals surface area contributed by atoms with Gasteiger partial charge in [0.15, 0.2) is 5.69 Å². The van der Waals surface area contributed by atoms with Crippen molar-refractivity contribution in [3.63, 3.8) is 0 Å². The maximum Gasteiger partial charge on any atom is 0.355 e.